The summed E-state index contributed by atoms with van der Waals surface area (Å²) in [4.78, 5) is 11.0. The summed E-state index contributed by atoms with van der Waals surface area (Å²) in [5, 5.41) is 8.53. The Morgan fingerprint density at radius 2 is 2.00 bits per heavy atom. The van der Waals surface area contributed by atoms with Gasteiger partial charge in [0.1, 0.15) is 12.1 Å². The number of carbonyl (C=O) groups excluding carboxylic acids is 1. The van der Waals surface area contributed by atoms with Crippen molar-refractivity contribution in [2.75, 3.05) is 6.61 Å². The molecule has 4 nitrogen and oxygen atoms in total. The van der Waals surface area contributed by atoms with Crippen LogP contribution in [0.25, 0.3) is 0 Å². The molecule has 0 spiro atoms. The van der Waals surface area contributed by atoms with E-state index in [0.717, 1.165) is 0 Å². The average molecular weight is 175 g/mol. The predicted octanol–water partition coefficient (Wildman–Crippen LogP) is -0.106. The Hall–Kier alpha value is -0.610. The van der Waals surface area contributed by atoms with Crippen LogP contribution in [0, 0.1) is 5.92 Å². The van der Waals surface area contributed by atoms with Gasteiger partial charge in [-0.05, 0) is 12.8 Å². The number of aliphatic hydroxyl groups excluding tert-OH is 1. The lowest BCUT2D eigenvalue weighted by Gasteiger charge is -2.18. The topological polar surface area (TPSA) is 72.5 Å². The summed E-state index contributed by atoms with van der Waals surface area (Å²) in [6.45, 7) is 5.32. The molecule has 0 rings (SSSR count). The molecule has 1 unspecified atom stereocenters. The molecule has 0 amide bonds. The van der Waals surface area contributed by atoms with Crippen LogP contribution in [0.2, 0.25) is 0 Å². The van der Waals surface area contributed by atoms with Gasteiger partial charge in [-0.3, -0.25) is 4.79 Å². The molecule has 0 aromatic carbocycles. The fourth-order valence-electron chi connectivity index (χ4n) is 0.481. The van der Waals surface area contributed by atoms with E-state index >= 15 is 0 Å². The minimum Gasteiger partial charge on any atom is -0.461 e. The summed E-state index contributed by atoms with van der Waals surface area (Å²) >= 11 is 0. The zero-order chi connectivity index (χ0) is 9.72. The fraction of sp³-hybridized carbons (Fsp3) is 0.875. The van der Waals surface area contributed by atoms with E-state index in [4.69, 9.17) is 15.6 Å². The summed E-state index contributed by atoms with van der Waals surface area (Å²) in [5.74, 6) is -0.279. The van der Waals surface area contributed by atoms with E-state index < -0.39 is 12.0 Å². The number of esters is 1. The zero-order valence-corrected chi connectivity index (χ0v) is 7.78. The van der Waals surface area contributed by atoms with Crippen molar-refractivity contribution in [2.45, 2.75) is 32.9 Å². The van der Waals surface area contributed by atoms with Crippen molar-refractivity contribution >= 4 is 5.97 Å². The fourth-order valence-corrected chi connectivity index (χ4v) is 0.481. The molecular weight excluding hydrogens is 158 g/mol. The van der Waals surface area contributed by atoms with Gasteiger partial charge in [-0.2, -0.15) is 0 Å². The largest absolute Gasteiger partial charge is 0.461 e. The van der Waals surface area contributed by atoms with Gasteiger partial charge in [0.2, 0.25) is 0 Å². The minimum atomic E-state index is -0.911. The molecule has 0 aromatic rings. The van der Waals surface area contributed by atoms with Gasteiger partial charge in [-0.25, -0.2) is 0 Å². The molecule has 0 fully saturated rings. The highest BCUT2D eigenvalue weighted by molar-refractivity contribution is 5.75. The van der Waals surface area contributed by atoms with Crippen LogP contribution in [-0.2, 0) is 9.53 Å². The SMILES string of the molecule is CC(C)C(C)OC(=O)[C@H](N)CO. The standard InChI is InChI=1S/C8H17NO3/c1-5(2)6(3)12-8(11)7(9)4-10/h5-7,10H,4,9H2,1-3H3/t6?,7-/m1/s1. The maximum absolute atomic E-state index is 11.0. The lowest BCUT2D eigenvalue weighted by atomic mass is 10.1. The molecule has 0 radical (unpaired) electrons. The summed E-state index contributed by atoms with van der Waals surface area (Å²) in [6.07, 6.45) is -0.157. The van der Waals surface area contributed by atoms with Crippen LogP contribution in [0.15, 0.2) is 0 Å². The lowest BCUT2D eigenvalue weighted by molar-refractivity contribution is -0.152. The quantitative estimate of drug-likeness (QED) is 0.585. The second-order valence-electron chi connectivity index (χ2n) is 3.18. The second-order valence-corrected chi connectivity index (χ2v) is 3.18. The first-order valence-electron chi connectivity index (χ1n) is 4.06. The van der Waals surface area contributed by atoms with Crippen LogP contribution in [-0.4, -0.2) is 29.8 Å². The highest BCUT2D eigenvalue weighted by Crippen LogP contribution is 2.05. The van der Waals surface area contributed by atoms with Crippen LogP contribution in [0.4, 0.5) is 0 Å². The van der Waals surface area contributed by atoms with Gasteiger partial charge in [0.05, 0.1) is 6.61 Å². The summed E-state index contributed by atoms with van der Waals surface area (Å²) in [7, 11) is 0. The third kappa shape index (κ3) is 3.69. The minimum absolute atomic E-state index is 0.157. The van der Waals surface area contributed by atoms with Crippen molar-refractivity contribution in [1.82, 2.24) is 0 Å². The Morgan fingerprint density at radius 1 is 1.50 bits per heavy atom. The predicted molar refractivity (Wildman–Crippen MR) is 45.5 cm³/mol. The molecular formula is C8H17NO3. The van der Waals surface area contributed by atoms with Gasteiger partial charge >= 0.3 is 5.97 Å². The number of rotatable bonds is 4. The van der Waals surface area contributed by atoms with E-state index in [-0.39, 0.29) is 18.6 Å². The van der Waals surface area contributed by atoms with Gasteiger partial charge in [-0.15, -0.1) is 0 Å². The van der Waals surface area contributed by atoms with Crippen LogP contribution in [0.5, 0.6) is 0 Å². The van der Waals surface area contributed by atoms with Gasteiger partial charge in [0.15, 0.2) is 0 Å². The Bertz CT molecular complexity index is 147. The van der Waals surface area contributed by atoms with E-state index in [9.17, 15) is 4.79 Å². The van der Waals surface area contributed by atoms with Crippen molar-refractivity contribution in [3.05, 3.63) is 0 Å². The molecule has 0 aliphatic heterocycles. The third-order valence-corrected chi connectivity index (χ3v) is 1.74. The molecule has 72 valence electrons. The third-order valence-electron chi connectivity index (χ3n) is 1.74. The van der Waals surface area contributed by atoms with Crippen LogP contribution < -0.4 is 5.73 Å². The van der Waals surface area contributed by atoms with E-state index in [1.54, 1.807) is 6.92 Å². The first kappa shape index (κ1) is 11.4. The molecule has 0 heterocycles. The van der Waals surface area contributed by atoms with Gasteiger partial charge in [0, 0.05) is 0 Å². The van der Waals surface area contributed by atoms with Gasteiger partial charge in [-0.1, -0.05) is 13.8 Å². The molecule has 0 aromatic heterocycles. The molecule has 3 N–H and O–H groups in total. The summed E-state index contributed by atoms with van der Waals surface area (Å²) in [5.41, 5.74) is 5.24. The molecule has 2 atom stereocenters. The maximum atomic E-state index is 11.0. The smallest absolute Gasteiger partial charge is 0.325 e. The van der Waals surface area contributed by atoms with Crippen LogP contribution >= 0.6 is 0 Å². The number of aliphatic hydroxyl groups is 1. The monoisotopic (exact) mass is 175 g/mol. The van der Waals surface area contributed by atoms with Crippen molar-refractivity contribution in [3.63, 3.8) is 0 Å². The first-order valence-corrected chi connectivity index (χ1v) is 4.06. The molecule has 0 aliphatic carbocycles. The van der Waals surface area contributed by atoms with E-state index in [2.05, 4.69) is 0 Å². The van der Waals surface area contributed by atoms with E-state index in [0.29, 0.717) is 0 Å². The first-order chi connectivity index (χ1) is 5.49. The summed E-state index contributed by atoms with van der Waals surface area (Å²) < 4.78 is 4.94. The Labute approximate surface area is 72.7 Å². The average Bonchev–Trinajstić information content (AvgIpc) is 2.02. The Balaban J connectivity index is 3.84. The number of hydrogen-bond acceptors (Lipinski definition) is 4. The molecule has 0 aliphatic rings. The zero-order valence-electron chi connectivity index (χ0n) is 7.78. The van der Waals surface area contributed by atoms with E-state index in [1.807, 2.05) is 13.8 Å². The summed E-state index contributed by atoms with van der Waals surface area (Å²) in [6, 6.07) is -0.911. The Kier molecular flexibility index (Phi) is 4.85. The van der Waals surface area contributed by atoms with Crippen molar-refractivity contribution in [1.29, 1.82) is 0 Å². The maximum Gasteiger partial charge on any atom is 0.325 e. The molecule has 4 heteroatoms. The van der Waals surface area contributed by atoms with Crippen LogP contribution in [0.1, 0.15) is 20.8 Å². The number of hydrogen-bond donors (Lipinski definition) is 2. The number of carbonyl (C=O) groups is 1. The molecule has 12 heavy (non-hydrogen) atoms. The van der Waals surface area contributed by atoms with Crippen molar-refractivity contribution in [2.24, 2.45) is 11.7 Å². The van der Waals surface area contributed by atoms with E-state index in [1.165, 1.54) is 0 Å². The van der Waals surface area contributed by atoms with Crippen LogP contribution in [0.3, 0.4) is 0 Å². The lowest BCUT2D eigenvalue weighted by Crippen LogP contribution is -2.38. The molecule has 0 saturated carbocycles. The second kappa shape index (κ2) is 5.11. The number of ether oxygens (including phenoxy) is 1. The van der Waals surface area contributed by atoms with Gasteiger partial charge in [0.25, 0.3) is 0 Å². The normalized spacial score (nSPS) is 15.8. The van der Waals surface area contributed by atoms with Crippen molar-refractivity contribution < 1.29 is 14.6 Å². The number of nitrogens with two attached hydrogens (primary N) is 1. The highest BCUT2D eigenvalue weighted by atomic mass is 16.5. The Morgan fingerprint density at radius 3 is 2.33 bits per heavy atom. The van der Waals surface area contributed by atoms with Gasteiger partial charge < -0.3 is 15.6 Å². The molecule has 0 saturated heterocycles. The highest BCUT2D eigenvalue weighted by Gasteiger charge is 2.18. The molecule has 0 bridgehead atoms. The van der Waals surface area contributed by atoms with Crippen molar-refractivity contribution in [3.8, 4) is 0 Å².